The van der Waals surface area contributed by atoms with Crippen LogP contribution >= 0.6 is 0 Å². The zero-order valence-electron chi connectivity index (χ0n) is 12.1. The molecule has 0 aromatic carbocycles. The predicted molar refractivity (Wildman–Crippen MR) is 69.3 cm³/mol. The molecule has 0 heterocycles. The van der Waals surface area contributed by atoms with Crippen molar-refractivity contribution in [3.05, 3.63) is 0 Å². The van der Waals surface area contributed by atoms with Gasteiger partial charge in [0, 0.05) is 13.5 Å². The van der Waals surface area contributed by atoms with Crippen LogP contribution in [0.4, 0.5) is 0 Å². The first-order chi connectivity index (χ1) is 7.69. The molecule has 0 spiro atoms. The van der Waals surface area contributed by atoms with Gasteiger partial charge < -0.3 is 14.6 Å². The molecule has 0 bridgehead atoms. The molecule has 104 valence electrons. The molecule has 4 nitrogen and oxygen atoms in total. The van der Waals surface area contributed by atoms with Gasteiger partial charge in [0.15, 0.2) is 0 Å². The molecular formula is C13H28O4. The van der Waals surface area contributed by atoms with Crippen molar-refractivity contribution in [3.63, 3.8) is 0 Å². The van der Waals surface area contributed by atoms with E-state index in [0.717, 1.165) is 20.0 Å². The number of carbonyl (C=O) groups is 1. The fourth-order valence-electron chi connectivity index (χ4n) is 1.13. The Morgan fingerprint density at radius 1 is 1.35 bits per heavy atom. The van der Waals surface area contributed by atoms with Crippen molar-refractivity contribution in [1.29, 1.82) is 0 Å². The van der Waals surface area contributed by atoms with Gasteiger partial charge in [-0.1, -0.05) is 13.3 Å². The van der Waals surface area contributed by atoms with Gasteiger partial charge in [0.05, 0.1) is 18.3 Å². The number of aliphatic carboxylic acids is 1. The molecule has 0 aliphatic heterocycles. The zero-order valence-corrected chi connectivity index (χ0v) is 12.1. The highest BCUT2D eigenvalue weighted by atomic mass is 16.5. The monoisotopic (exact) mass is 248 g/mol. The molecule has 0 fully saturated rings. The standard InChI is InChI=1S/C11H24O2.C2H4O2/c1-6-7-8-12-9-10(2)13-11(3,4)5;1-2(3)4/h10H,6-9H2,1-5H3;1H3,(H,3,4). The van der Waals surface area contributed by atoms with Crippen molar-refractivity contribution in [2.45, 2.75) is 66.1 Å². The summed E-state index contributed by atoms with van der Waals surface area (Å²) in [5.41, 5.74) is -0.0620. The predicted octanol–water partition coefficient (Wildman–Crippen LogP) is 3.10. The van der Waals surface area contributed by atoms with E-state index in [-0.39, 0.29) is 11.7 Å². The second-order valence-corrected chi connectivity index (χ2v) is 4.99. The van der Waals surface area contributed by atoms with E-state index >= 15 is 0 Å². The molecule has 0 saturated heterocycles. The molecule has 1 N–H and O–H groups in total. The van der Waals surface area contributed by atoms with Gasteiger partial charge in [-0.05, 0) is 34.1 Å². The summed E-state index contributed by atoms with van der Waals surface area (Å²) in [6.45, 7) is 13.1. The lowest BCUT2D eigenvalue weighted by molar-refractivity contribution is -0.134. The summed E-state index contributed by atoms with van der Waals surface area (Å²) in [5, 5.41) is 7.42. The molecule has 17 heavy (non-hydrogen) atoms. The van der Waals surface area contributed by atoms with Gasteiger partial charge in [-0.3, -0.25) is 4.79 Å². The Balaban J connectivity index is 0. The van der Waals surface area contributed by atoms with E-state index in [1.54, 1.807) is 0 Å². The van der Waals surface area contributed by atoms with E-state index in [0.29, 0.717) is 6.61 Å². The minimum atomic E-state index is -0.833. The average Bonchev–Trinajstić information content (AvgIpc) is 2.08. The summed E-state index contributed by atoms with van der Waals surface area (Å²) in [6, 6.07) is 0. The summed E-state index contributed by atoms with van der Waals surface area (Å²) in [7, 11) is 0. The smallest absolute Gasteiger partial charge is 0.300 e. The van der Waals surface area contributed by atoms with Crippen LogP contribution < -0.4 is 0 Å². The Morgan fingerprint density at radius 3 is 2.18 bits per heavy atom. The Labute approximate surface area is 105 Å². The van der Waals surface area contributed by atoms with Crippen LogP contribution in [0.5, 0.6) is 0 Å². The Hall–Kier alpha value is -0.610. The molecule has 0 radical (unpaired) electrons. The fraction of sp³-hybridized carbons (Fsp3) is 0.923. The van der Waals surface area contributed by atoms with E-state index in [2.05, 4.69) is 34.6 Å². The fourth-order valence-corrected chi connectivity index (χ4v) is 1.13. The molecule has 0 aromatic heterocycles. The van der Waals surface area contributed by atoms with Crippen LogP contribution in [0.15, 0.2) is 0 Å². The number of hydrogen-bond acceptors (Lipinski definition) is 3. The van der Waals surface area contributed by atoms with Crippen molar-refractivity contribution in [1.82, 2.24) is 0 Å². The number of hydrogen-bond donors (Lipinski definition) is 1. The highest BCUT2D eigenvalue weighted by Crippen LogP contribution is 2.10. The molecule has 1 unspecified atom stereocenters. The van der Waals surface area contributed by atoms with Crippen LogP contribution in [0.2, 0.25) is 0 Å². The van der Waals surface area contributed by atoms with Gasteiger partial charge in [-0.2, -0.15) is 0 Å². The molecule has 0 saturated carbocycles. The second kappa shape index (κ2) is 10.5. The molecule has 0 aliphatic rings. The first-order valence-corrected chi connectivity index (χ1v) is 6.14. The highest BCUT2D eigenvalue weighted by molar-refractivity contribution is 5.62. The largest absolute Gasteiger partial charge is 0.481 e. The number of carboxylic acids is 1. The van der Waals surface area contributed by atoms with Crippen LogP contribution in [-0.4, -0.2) is 36.0 Å². The summed E-state index contributed by atoms with van der Waals surface area (Å²) < 4.78 is 11.1. The van der Waals surface area contributed by atoms with Crippen LogP contribution in [0.1, 0.15) is 54.4 Å². The lowest BCUT2D eigenvalue weighted by atomic mass is 10.2. The normalized spacial score (nSPS) is 12.6. The quantitative estimate of drug-likeness (QED) is 0.734. The summed E-state index contributed by atoms with van der Waals surface area (Å²) in [5.74, 6) is -0.833. The Kier molecular flexibility index (Phi) is 11.6. The Morgan fingerprint density at radius 2 is 1.82 bits per heavy atom. The third-order valence-corrected chi connectivity index (χ3v) is 1.55. The molecular weight excluding hydrogens is 220 g/mol. The minimum Gasteiger partial charge on any atom is -0.481 e. The first kappa shape index (κ1) is 18.7. The van der Waals surface area contributed by atoms with Crippen molar-refractivity contribution < 1.29 is 19.4 Å². The molecule has 1 atom stereocenters. The molecule has 0 amide bonds. The number of carboxylic acid groups (broad SMARTS) is 1. The topological polar surface area (TPSA) is 55.8 Å². The van der Waals surface area contributed by atoms with E-state index in [9.17, 15) is 0 Å². The second-order valence-electron chi connectivity index (χ2n) is 4.99. The summed E-state index contributed by atoms with van der Waals surface area (Å²) in [4.78, 5) is 9.00. The maximum absolute atomic E-state index is 9.00. The van der Waals surface area contributed by atoms with Crippen LogP contribution in [0.25, 0.3) is 0 Å². The number of unbranched alkanes of at least 4 members (excludes halogenated alkanes) is 1. The average molecular weight is 248 g/mol. The van der Waals surface area contributed by atoms with Gasteiger partial charge in [-0.25, -0.2) is 0 Å². The van der Waals surface area contributed by atoms with Crippen LogP contribution in [0.3, 0.4) is 0 Å². The van der Waals surface area contributed by atoms with Crippen molar-refractivity contribution in [3.8, 4) is 0 Å². The first-order valence-electron chi connectivity index (χ1n) is 6.14. The molecule has 0 aromatic rings. The minimum absolute atomic E-state index is 0.0620. The maximum atomic E-state index is 9.00. The lowest BCUT2D eigenvalue weighted by Crippen LogP contribution is -2.28. The van der Waals surface area contributed by atoms with Crippen LogP contribution in [-0.2, 0) is 14.3 Å². The van der Waals surface area contributed by atoms with Gasteiger partial charge in [0.1, 0.15) is 0 Å². The number of rotatable bonds is 6. The van der Waals surface area contributed by atoms with Gasteiger partial charge in [0.2, 0.25) is 0 Å². The Bertz CT molecular complexity index is 180. The SMILES string of the molecule is CC(=O)O.CCCCOCC(C)OC(C)(C)C. The van der Waals surface area contributed by atoms with E-state index in [1.807, 2.05) is 0 Å². The van der Waals surface area contributed by atoms with E-state index in [1.165, 1.54) is 6.42 Å². The lowest BCUT2D eigenvalue weighted by Gasteiger charge is -2.24. The summed E-state index contributed by atoms with van der Waals surface area (Å²) >= 11 is 0. The highest BCUT2D eigenvalue weighted by Gasteiger charge is 2.14. The van der Waals surface area contributed by atoms with Crippen LogP contribution in [0, 0.1) is 0 Å². The van der Waals surface area contributed by atoms with Gasteiger partial charge in [0.25, 0.3) is 5.97 Å². The molecule has 0 aliphatic carbocycles. The van der Waals surface area contributed by atoms with Crippen molar-refractivity contribution >= 4 is 5.97 Å². The third-order valence-electron chi connectivity index (χ3n) is 1.55. The number of ether oxygens (including phenoxy) is 2. The van der Waals surface area contributed by atoms with E-state index in [4.69, 9.17) is 19.4 Å². The summed E-state index contributed by atoms with van der Waals surface area (Å²) in [6.07, 6.45) is 2.52. The van der Waals surface area contributed by atoms with Gasteiger partial charge >= 0.3 is 0 Å². The zero-order chi connectivity index (χ0) is 13.9. The van der Waals surface area contributed by atoms with Crippen molar-refractivity contribution in [2.75, 3.05) is 13.2 Å². The van der Waals surface area contributed by atoms with Crippen molar-refractivity contribution in [2.24, 2.45) is 0 Å². The third kappa shape index (κ3) is 25.6. The van der Waals surface area contributed by atoms with Gasteiger partial charge in [-0.15, -0.1) is 0 Å². The molecule has 0 rings (SSSR count). The maximum Gasteiger partial charge on any atom is 0.300 e. The van der Waals surface area contributed by atoms with E-state index < -0.39 is 5.97 Å². The molecule has 4 heteroatoms.